The van der Waals surface area contributed by atoms with Crippen molar-refractivity contribution in [1.82, 2.24) is 20.3 Å². The van der Waals surface area contributed by atoms with Gasteiger partial charge in [-0.1, -0.05) is 5.21 Å². The minimum absolute atomic E-state index is 0.109. The fourth-order valence-corrected chi connectivity index (χ4v) is 1.03. The first-order chi connectivity index (χ1) is 6.80. The van der Waals surface area contributed by atoms with Gasteiger partial charge in [-0.15, -0.1) is 5.10 Å². The number of carbonyl (C=O) groups excluding carboxylic acids is 1. The average molecular weight is 210 g/mol. The molecule has 0 aromatic carbocycles. The van der Waals surface area contributed by atoms with E-state index in [-0.39, 0.29) is 17.5 Å². The zero-order valence-corrected chi connectivity index (χ0v) is 9.90. The summed E-state index contributed by atoms with van der Waals surface area (Å²) in [6.07, 6.45) is 1.66. The lowest BCUT2D eigenvalue weighted by atomic mass is 10.1. The van der Waals surface area contributed by atoms with Gasteiger partial charge in [0, 0.05) is 6.04 Å². The van der Waals surface area contributed by atoms with Gasteiger partial charge >= 0.3 is 0 Å². The van der Waals surface area contributed by atoms with E-state index in [1.165, 1.54) is 0 Å². The number of amides is 1. The van der Waals surface area contributed by atoms with E-state index < -0.39 is 0 Å². The molecule has 0 bridgehead atoms. The molecule has 1 N–H and O–H groups in total. The molecule has 0 saturated heterocycles. The largest absolute Gasteiger partial charge is 0.348 e. The summed E-state index contributed by atoms with van der Waals surface area (Å²) < 4.78 is 1.68. The molecular formula is C10H18N4O. The molecule has 1 heterocycles. The van der Waals surface area contributed by atoms with Gasteiger partial charge in [-0.3, -0.25) is 4.79 Å². The maximum atomic E-state index is 11.6. The van der Waals surface area contributed by atoms with Gasteiger partial charge < -0.3 is 5.32 Å². The Morgan fingerprint density at radius 2 is 2.07 bits per heavy atom. The van der Waals surface area contributed by atoms with Crippen LogP contribution in [0.4, 0.5) is 0 Å². The van der Waals surface area contributed by atoms with E-state index in [4.69, 9.17) is 0 Å². The SMILES string of the molecule is CC(C)NC(=O)c1cn(C(C)(C)C)nn1. The first kappa shape index (κ1) is 11.7. The molecule has 5 nitrogen and oxygen atoms in total. The Kier molecular flexibility index (Phi) is 3.12. The van der Waals surface area contributed by atoms with Crippen LogP contribution in [0.2, 0.25) is 0 Å². The molecule has 0 atom stereocenters. The lowest BCUT2D eigenvalue weighted by molar-refractivity contribution is 0.0938. The number of rotatable bonds is 2. The summed E-state index contributed by atoms with van der Waals surface area (Å²) in [5.74, 6) is -0.180. The molecule has 1 rings (SSSR count). The van der Waals surface area contributed by atoms with Gasteiger partial charge in [0.25, 0.3) is 5.91 Å². The molecule has 0 aliphatic heterocycles. The summed E-state index contributed by atoms with van der Waals surface area (Å²) in [6.45, 7) is 9.83. The second-order valence-corrected chi connectivity index (χ2v) is 4.85. The summed E-state index contributed by atoms with van der Waals surface area (Å²) in [6, 6.07) is 0.109. The molecule has 84 valence electrons. The highest BCUT2D eigenvalue weighted by Gasteiger charge is 2.18. The van der Waals surface area contributed by atoms with Crippen LogP contribution in [-0.4, -0.2) is 26.9 Å². The summed E-state index contributed by atoms with van der Waals surface area (Å²) in [7, 11) is 0. The number of nitrogens with zero attached hydrogens (tertiary/aromatic N) is 3. The molecule has 5 heteroatoms. The molecule has 15 heavy (non-hydrogen) atoms. The van der Waals surface area contributed by atoms with Crippen LogP contribution in [0.1, 0.15) is 45.1 Å². The maximum absolute atomic E-state index is 11.6. The van der Waals surface area contributed by atoms with Crippen molar-refractivity contribution >= 4 is 5.91 Å². The quantitative estimate of drug-likeness (QED) is 0.797. The lowest BCUT2D eigenvalue weighted by Gasteiger charge is -2.17. The topological polar surface area (TPSA) is 59.8 Å². The van der Waals surface area contributed by atoms with Crippen molar-refractivity contribution < 1.29 is 4.79 Å². The molecule has 1 aromatic heterocycles. The van der Waals surface area contributed by atoms with Crippen LogP contribution in [-0.2, 0) is 5.54 Å². The van der Waals surface area contributed by atoms with Crippen LogP contribution < -0.4 is 5.32 Å². The third-order valence-corrected chi connectivity index (χ3v) is 1.83. The standard InChI is InChI=1S/C10H18N4O/c1-7(2)11-9(15)8-6-14(13-12-8)10(3,4)5/h6-7H,1-5H3,(H,11,15). The Labute approximate surface area is 89.9 Å². The van der Waals surface area contributed by atoms with Gasteiger partial charge in [-0.2, -0.15) is 0 Å². The van der Waals surface area contributed by atoms with Gasteiger partial charge in [-0.25, -0.2) is 4.68 Å². The van der Waals surface area contributed by atoms with Gasteiger partial charge in [0.2, 0.25) is 0 Å². The van der Waals surface area contributed by atoms with Crippen molar-refractivity contribution in [1.29, 1.82) is 0 Å². The highest BCUT2D eigenvalue weighted by atomic mass is 16.2. The molecule has 0 aliphatic rings. The number of hydrogen-bond donors (Lipinski definition) is 1. The molecule has 0 radical (unpaired) electrons. The van der Waals surface area contributed by atoms with Gasteiger partial charge in [0.15, 0.2) is 5.69 Å². The zero-order chi connectivity index (χ0) is 11.6. The van der Waals surface area contributed by atoms with Crippen molar-refractivity contribution in [2.24, 2.45) is 0 Å². The lowest BCUT2D eigenvalue weighted by Crippen LogP contribution is -2.30. The van der Waals surface area contributed by atoms with E-state index >= 15 is 0 Å². The van der Waals surface area contributed by atoms with Gasteiger partial charge in [0.05, 0.1) is 11.7 Å². The number of carbonyl (C=O) groups is 1. The minimum Gasteiger partial charge on any atom is -0.348 e. The summed E-state index contributed by atoms with van der Waals surface area (Å²) in [5, 5.41) is 10.5. The molecule has 0 unspecified atom stereocenters. The normalized spacial score (nSPS) is 11.9. The van der Waals surface area contributed by atoms with Crippen molar-refractivity contribution in [2.45, 2.75) is 46.2 Å². The third kappa shape index (κ3) is 3.04. The fourth-order valence-electron chi connectivity index (χ4n) is 1.03. The second-order valence-electron chi connectivity index (χ2n) is 4.85. The Bertz CT molecular complexity index is 349. The van der Waals surface area contributed by atoms with Crippen LogP contribution in [0, 0.1) is 0 Å². The molecular weight excluding hydrogens is 192 g/mol. The number of hydrogen-bond acceptors (Lipinski definition) is 3. The van der Waals surface area contributed by atoms with E-state index in [0.717, 1.165) is 0 Å². The monoisotopic (exact) mass is 210 g/mol. The molecule has 0 saturated carbocycles. The van der Waals surface area contributed by atoms with Crippen LogP contribution in [0.15, 0.2) is 6.20 Å². The van der Waals surface area contributed by atoms with E-state index in [1.54, 1.807) is 10.9 Å². The Morgan fingerprint density at radius 3 is 2.47 bits per heavy atom. The van der Waals surface area contributed by atoms with Crippen molar-refractivity contribution in [2.75, 3.05) is 0 Å². The highest BCUT2D eigenvalue weighted by molar-refractivity contribution is 5.91. The fraction of sp³-hybridized carbons (Fsp3) is 0.700. The van der Waals surface area contributed by atoms with E-state index in [1.807, 2.05) is 34.6 Å². The molecule has 0 aliphatic carbocycles. The third-order valence-electron chi connectivity index (χ3n) is 1.83. The smallest absolute Gasteiger partial charge is 0.273 e. The van der Waals surface area contributed by atoms with Crippen LogP contribution in [0.5, 0.6) is 0 Å². The van der Waals surface area contributed by atoms with Crippen molar-refractivity contribution in [3.05, 3.63) is 11.9 Å². The number of nitrogens with one attached hydrogen (secondary N) is 1. The van der Waals surface area contributed by atoms with Crippen molar-refractivity contribution in [3.63, 3.8) is 0 Å². The van der Waals surface area contributed by atoms with Crippen LogP contribution in [0.25, 0.3) is 0 Å². The average Bonchev–Trinajstić information content (AvgIpc) is 2.48. The van der Waals surface area contributed by atoms with E-state index in [9.17, 15) is 4.79 Å². The van der Waals surface area contributed by atoms with Gasteiger partial charge in [-0.05, 0) is 34.6 Å². The first-order valence-corrected chi connectivity index (χ1v) is 5.04. The van der Waals surface area contributed by atoms with Crippen LogP contribution in [0.3, 0.4) is 0 Å². The predicted molar refractivity (Wildman–Crippen MR) is 57.6 cm³/mol. The van der Waals surface area contributed by atoms with Crippen LogP contribution >= 0.6 is 0 Å². The summed E-state index contributed by atoms with van der Waals surface area (Å²) in [5.41, 5.74) is 0.210. The summed E-state index contributed by atoms with van der Waals surface area (Å²) in [4.78, 5) is 11.6. The predicted octanol–water partition coefficient (Wildman–Crippen LogP) is 1.17. The number of aromatic nitrogens is 3. The Morgan fingerprint density at radius 1 is 1.47 bits per heavy atom. The molecule has 1 amide bonds. The Balaban J connectivity index is 2.81. The van der Waals surface area contributed by atoms with Gasteiger partial charge in [0.1, 0.15) is 0 Å². The molecule has 1 aromatic rings. The minimum atomic E-state index is -0.180. The molecule has 0 fully saturated rings. The summed E-state index contributed by atoms with van der Waals surface area (Å²) >= 11 is 0. The molecule has 0 spiro atoms. The zero-order valence-electron chi connectivity index (χ0n) is 9.90. The maximum Gasteiger partial charge on any atom is 0.273 e. The van der Waals surface area contributed by atoms with E-state index in [0.29, 0.717) is 5.69 Å². The van der Waals surface area contributed by atoms with E-state index in [2.05, 4.69) is 15.6 Å². The second kappa shape index (κ2) is 4.00. The first-order valence-electron chi connectivity index (χ1n) is 5.04. The highest BCUT2D eigenvalue weighted by Crippen LogP contribution is 2.11. The van der Waals surface area contributed by atoms with Crippen molar-refractivity contribution in [3.8, 4) is 0 Å². The Hall–Kier alpha value is -1.39.